The lowest BCUT2D eigenvalue weighted by Crippen LogP contribution is -2.02. The molecular formula is C21H21NO4. The van der Waals surface area contributed by atoms with Gasteiger partial charge >= 0.3 is 5.97 Å². The molecule has 0 bridgehead atoms. The molecule has 1 aromatic heterocycles. The number of pyridine rings is 1. The number of aromatic carboxylic acids is 1. The molecule has 0 unspecified atom stereocenters. The van der Waals surface area contributed by atoms with E-state index in [4.69, 9.17) is 9.47 Å². The van der Waals surface area contributed by atoms with Crippen LogP contribution < -0.4 is 9.47 Å². The molecule has 0 saturated carbocycles. The largest absolute Gasteiger partial charge is 0.497 e. The van der Waals surface area contributed by atoms with Crippen molar-refractivity contribution in [1.29, 1.82) is 0 Å². The predicted octanol–water partition coefficient (Wildman–Crippen LogP) is 4.74. The van der Waals surface area contributed by atoms with Crippen molar-refractivity contribution in [1.82, 2.24) is 4.98 Å². The molecule has 0 aliphatic rings. The van der Waals surface area contributed by atoms with Crippen LogP contribution in [0.2, 0.25) is 0 Å². The monoisotopic (exact) mass is 351 g/mol. The summed E-state index contributed by atoms with van der Waals surface area (Å²) in [6, 6.07) is 12.7. The molecule has 0 spiro atoms. The number of benzene rings is 2. The van der Waals surface area contributed by atoms with Gasteiger partial charge in [-0.1, -0.05) is 19.9 Å². The van der Waals surface area contributed by atoms with Gasteiger partial charge in [-0.3, -0.25) is 0 Å². The lowest BCUT2D eigenvalue weighted by molar-refractivity contribution is 0.0699. The van der Waals surface area contributed by atoms with E-state index in [-0.39, 0.29) is 5.56 Å². The molecule has 1 heterocycles. The summed E-state index contributed by atoms with van der Waals surface area (Å²) in [4.78, 5) is 16.5. The van der Waals surface area contributed by atoms with Gasteiger partial charge < -0.3 is 14.6 Å². The van der Waals surface area contributed by atoms with Gasteiger partial charge in [0.15, 0.2) is 0 Å². The van der Waals surface area contributed by atoms with Gasteiger partial charge in [0.2, 0.25) is 0 Å². The van der Waals surface area contributed by atoms with Gasteiger partial charge in [-0.15, -0.1) is 0 Å². The minimum absolute atomic E-state index is 0.220. The molecule has 2 aromatic carbocycles. The Hall–Kier alpha value is -3.08. The van der Waals surface area contributed by atoms with Crippen molar-refractivity contribution in [2.75, 3.05) is 14.2 Å². The molecule has 5 heteroatoms. The van der Waals surface area contributed by atoms with Crippen LogP contribution >= 0.6 is 0 Å². The van der Waals surface area contributed by atoms with Gasteiger partial charge in [-0.05, 0) is 47.9 Å². The zero-order chi connectivity index (χ0) is 18.8. The third kappa shape index (κ3) is 3.20. The van der Waals surface area contributed by atoms with E-state index in [2.05, 4.69) is 18.8 Å². The molecule has 3 aromatic rings. The topological polar surface area (TPSA) is 68.7 Å². The number of fused-ring (bicyclic) bond motifs is 1. The number of nitrogens with zero attached hydrogens (tertiary/aromatic N) is 1. The highest BCUT2D eigenvalue weighted by molar-refractivity contribution is 6.04. The summed E-state index contributed by atoms with van der Waals surface area (Å²) in [5.41, 5.74) is 3.15. The molecule has 0 amide bonds. The first-order valence-corrected chi connectivity index (χ1v) is 8.35. The lowest BCUT2D eigenvalue weighted by Gasteiger charge is -2.13. The summed E-state index contributed by atoms with van der Waals surface area (Å²) in [6.07, 6.45) is 0. The zero-order valence-electron chi connectivity index (χ0n) is 15.2. The Bertz CT molecular complexity index is 979. The number of hydrogen-bond donors (Lipinski definition) is 1. The van der Waals surface area contributed by atoms with Crippen LogP contribution in [0.25, 0.3) is 22.2 Å². The van der Waals surface area contributed by atoms with Gasteiger partial charge in [-0.25, -0.2) is 9.78 Å². The summed E-state index contributed by atoms with van der Waals surface area (Å²) < 4.78 is 10.7. The average Bonchev–Trinajstić information content (AvgIpc) is 2.65. The van der Waals surface area contributed by atoms with Crippen LogP contribution in [0.4, 0.5) is 0 Å². The number of carbonyl (C=O) groups is 1. The van der Waals surface area contributed by atoms with E-state index in [0.29, 0.717) is 39.6 Å². The highest BCUT2D eigenvalue weighted by Crippen LogP contribution is 2.35. The maximum atomic E-state index is 11.9. The van der Waals surface area contributed by atoms with Crippen molar-refractivity contribution in [2.24, 2.45) is 0 Å². The van der Waals surface area contributed by atoms with Crippen LogP contribution in [0.15, 0.2) is 42.5 Å². The van der Waals surface area contributed by atoms with Crippen LogP contribution in [0.1, 0.15) is 35.7 Å². The fraction of sp³-hybridized carbons (Fsp3) is 0.238. The molecule has 3 rings (SSSR count). The number of ether oxygens (including phenoxy) is 2. The second-order valence-electron chi connectivity index (χ2n) is 6.36. The van der Waals surface area contributed by atoms with Crippen LogP contribution in [-0.4, -0.2) is 30.3 Å². The van der Waals surface area contributed by atoms with E-state index in [1.807, 2.05) is 18.2 Å². The first-order valence-electron chi connectivity index (χ1n) is 8.35. The van der Waals surface area contributed by atoms with Crippen LogP contribution in [0, 0.1) is 0 Å². The van der Waals surface area contributed by atoms with Crippen molar-refractivity contribution >= 4 is 16.9 Å². The second-order valence-corrected chi connectivity index (χ2v) is 6.36. The highest BCUT2D eigenvalue weighted by Gasteiger charge is 2.17. The Morgan fingerprint density at radius 3 is 2.42 bits per heavy atom. The zero-order valence-corrected chi connectivity index (χ0v) is 15.2. The summed E-state index contributed by atoms with van der Waals surface area (Å²) in [7, 11) is 3.15. The molecule has 1 N–H and O–H groups in total. The molecule has 0 radical (unpaired) electrons. The van der Waals surface area contributed by atoms with E-state index >= 15 is 0 Å². The van der Waals surface area contributed by atoms with Gasteiger partial charge in [0, 0.05) is 10.9 Å². The SMILES string of the molecule is COc1ccc(OC)c(-c2cc(C(=O)O)c3cc(C(C)C)ccc3n2)c1. The minimum atomic E-state index is -0.985. The molecule has 0 aliphatic heterocycles. The normalized spacial score (nSPS) is 11.0. The Morgan fingerprint density at radius 2 is 1.81 bits per heavy atom. The summed E-state index contributed by atoms with van der Waals surface area (Å²) in [6.45, 7) is 4.15. The number of aromatic nitrogens is 1. The molecule has 26 heavy (non-hydrogen) atoms. The minimum Gasteiger partial charge on any atom is -0.497 e. The van der Waals surface area contributed by atoms with Crippen molar-refractivity contribution in [2.45, 2.75) is 19.8 Å². The number of carboxylic acid groups (broad SMARTS) is 1. The van der Waals surface area contributed by atoms with E-state index in [1.54, 1.807) is 38.5 Å². The van der Waals surface area contributed by atoms with Gasteiger partial charge in [-0.2, -0.15) is 0 Å². The molecule has 0 atom stereocenters. The van der Waals surface area contributed by atoms with Gasteiger partial charge in [0.25, 0.3) is 0 Å². The Labute approximate surface area is 152 Å². The van der Waals surface area contributed by atoms with E-state index in [9.17, 15) is 9.90 Å². The summed E-state index contributed by atoms with van der Waals surface area (Å²) >= 11 is 0. The van der Waals surface area contributed by atoms with Crippen molar-refractivity contribution in [3.8, 4) is 22.8 Å². The number of rotatable bonds is 5. The molecular weight excluding hydrogens is 330 g/mol. The number of carboxylic acids is 1. The van der Waals surface area contributed by atoms with Crippen molar-refractivity contribution < 1.29 is 19.4 Å². The van der Waals surface area contributed by atoms with Crippen LogP contribution in [-0.2, 0) is 0 Å². The van der Waals surface area contributed by atoms with Crippen molar-refractivity contribution in [3.63, 3.8) is 0 Å². The van der Waals surface area contributed by atoms with E-state index < -0.39 is 5.97 Å². The molecule has 0 aliphatic carbocycles. The fourth-order valence-corrected chi connectivity index (χ4v) is 2.93. The maximum Gasteiger partial charge on any atom is 0.336 e. The highest BCUT2D eigenvalue weighted by atomic mass is 16.5. The predicted molar refractivity (Wildman–Crippen MR) is 101 cm³/mol. The smallest absolute Gasteiger partial charge is 0.336 e. The Morgan fingerprint density at radius 1 is 1.04 bits per heavy atom. The fourth-order valence-electron chi connectivity index (χ4n) is 2.93. The maximum absolute atomic E-state index is 11.9. The summed E-state index contributed by atoms with van der Waals surface area (Å²) in [5.74, 6) is 0.572. The third-order valence-electron chi connectivity index (χ3n) is 4.41. The quantitative estimate of drug-likeness (QED) is 0.719. The number of methoxy groups -OCH3 is 2. The molecule has 134 valence electrons. The first-order chi connectivity index (χ1) is 12.4. The first kappa shape index (κ1) is 17.7. The molecule has 5 nitrogen and oxygen atoms in total. The molecule has 0 saturated heterocycles. The van der Waals surface area contributed by atoms with Crippen LogP contribution in [0.3, 0.4) is 0 Å². The van der Waals surface area contributed by atoms with Gasteiger partial charge in [0.05, 0.1) is 31.0 Å². The Kier molecular flexibility index (Phi) is 4.80. The third-order valence-corrected chi connectivity index (χ3v) is 4.41. The standard InChI is InChI=1S/C21H21NO4/c1-12(2)13-5-7-18-15(9-13)16(21(23)24)11-19(22-18)17-10-14(25-3)6-8-20(17)26-4/h5-12H,1-4H3,(H,23,24). The average molecular weight is 351 g/mol. The lowest BCUT2D eigenvalue weighted by atomic mass is 9.97. The second kappa shape index (κ2) is 7.04. The van der Waals surface area contributed by atoms with E-state index in [1.165, 1.54) is 0 Å². The van der Waals surface area contributed by atoms with E-state index in [0.717, 1.165) is 5.56 Å². The van der Waals surface area contributed by atoms with Gasteiger partial charge in [0.1, 0.15) is 11.5 Å². The number of hydrogen-bond acceptors (Lipinski definition) is 4. The summed E-state index contributed by atoms with van der Waals surface area (Å²) in [5, 5.41) is 10.4. The van der Waals surface area contributed by atoms with Crippen molar-refractivity contribution in [3.05, 3.63) is 53.6 Å². The van der Waals surface area contributed by atoms with Crippen LogP contribution in [0.5, 0.6) is 11.5 Å². The Balaban J connectivity index is 2.29. The molecule has 0 fully saturated rings.